The second kappa shape index (κ2) is 7.19. The number of nitrogens with zero attached hydrogens (tertiary/aromatic N) is 1. The summed E-state index contributed by atoms with van der Waals surface area (Å²) in [5.41, 5.74) is 2.46. The van der Waals surface area contributed by atoms with Crippen molar-refractivity contribution in [1.82, 2.24) is 15.3 Å². The minimum atomic E-state index is -0.0126. The molecule has 0 saturated heterocycles. The lowest BCUT2D eigenvalue weighted by Gasteiger charge is -2.05. The predicted molar refractivity (Wildman–Crippen MR) is 80.7 cm³/mol. The molecule has 0 saturated carbocycles. The standard InChI is InChI=1S/C14H19N3OS/c1-19-8-4-2-3-7-15-14(18)11-5-6-12-13(9-11)17-10-16-12/h5-6,9-10H,2-4,7-8H2,1H3,(H,15,18)(H,16,17). The summed E-state index contributed by atoms with van der Waals surface area (Å²) in [6, 6.07) is 5.51. The Morgan fingerprint density at radius 3 is 3.11 bits per heavy atom. The molecule has 4 nitrogen and oxygen atoms in total. The predicted octanol–water partition coefficient (Wildman–Crippen LogP) is 2.83. The van der Waals surface area contributed by atoms with Crippen molar-refractivity contribution in [2.24, 2.45) is 0 Å². The topological polar surface area (TPSA) is 57.8 Å². The van der Waals surface area contributed by atoms with Gasteiger partial charge in [-0.2, -0.15) is 11.8 Å². The number of hydrogen-bond donors (Lipinski definition) is 2. The van der Waals surface area contributed by atoms with Crippen molar-refractivity contribution in [2.45, 2.75) is 19.3 Å². The molecule has 0 fully saturated rings. The van der Waals surface area contributed by atoms with Crippen LogP contribution in [0, 0.1) is 0 Å². The fourth-order valence-corrected chi connectivity index (χ4v) is 2.42. The number of unbranched alkanes of at least 4 members (excludes halogenated alkanes) is 2. The van der Waals surface area contributed by atoms with Gasteiger partial charge in [-0.05, 0) is 43.0 Å². The lowest BCUT2D eigenvalue weighted by atomic mass is 10.2. The maximum absolute atomic E-state index is 11.9. The van der Waals surface area contributed by atoms with Gasteiger partial charge in [-0.1, -0.05) is 6.42 Å². The van der Waals surface area contributed by atoms with Crippen LogP contribution in [0.3, 0.4) is 0 Å². The molecule has 0 bridgehead atoms. The fourth-order valence-electron chi connectivity index (χ4n) is 1.93. The van der Waals surface area contributed by atoms with Gasteiger partial charge >= 0.3 is 0 Å². The number of aromatic nitrogens is 2. The van der Waals surface area contributed by atoms with Gasteiger partial charge in [0.05, 0.1) is 17.4 Å². The summed E-state index contributed by atoms with van der Waals surface area (Å²) in [5.74, 6) is 1.19. The molecule has 5 heteroatoms. The molecule has 0 unspecified atom stereocenters. The number of nitrogens with one attached hydrogen (secondary N) is 2. The molecule has 2 rings (SSSR count). The van der Waals surface area contributed by atoms with E-state index in [9.17, 15) is 4.79 Å². The number of imidazole rings is 1. The van der Waals surface area contributed by atoms with Crippen LogP contribution in [0.1, 0.15) is 29.6 Å². The highest BCUT2D eigenvalue weighted by Gasteiger charge is 2.06. The van der Waals surface area contributed by atoms with Crippen molar-refractivity contribution >= 4 is 28.7 Å². The second-order valence-electron chi connectivity index (χ2n) is 4.44. The molecule has 1 amide bonds. The van der Waals surface area contributed by atoms with Crippen molar-refractivity contribution in [3.05, 3.63) is 30.1 Å². The number of benzene rings is 1. The van der Waals surface area contributed by atoms with Gasteiger partial charge in [0.25, 0.3) is 5.91 Å². The first-order valence-corrected chi connectivity index (χ1v) is 7.91. The summed E-state index contributed by atoms with van der Waals surface area (Å²) in [4.78, 5) is 19.1. The Labute approximate surface area is 117 Å². The third-order valence-corrected chi connectivity index (χ3v) is 3.69. The minimum absolute atomic E-state index is 0.0126. The van der Waals surface area contributed by atoms with E-state index in [1.807, 2.05) is 30.0 Å². The van der Waals surface area contributed by atoms with Crippen molar-refractivity contribution < 1.29 is 4.79 Å². The Kier molecular flexibility index (Phi) is 5.27. The van der Waals surface area contributed by atoms with Crippen LogP contribution in [0.2, 0.25) is 0 Å². The summed E-state index contributed by atoms with van der Waals surface area (Å²) in [6.45, 7) is 0.744. The average molecular weight is 277 g/mol. The Bertz CT molecular complexity index is 538. The van der Waals surface area contributed by atoms with Gasteiger partial charge in [0.15, 0.2) is 0 Å². The smallest absolute Gasteiger partial charge is 0.251 e. The molecule has 0 radical (unpaired) electrons. The second-order valence-corrected chi connectivity index (χ2v) is 5.43. The highest BCUT2D eigenvalue weighted by Crippen LogP contribution is 2.11. The molecule has 0 atom stereocenters. The zero-order valence-electron chi connectivity index (χ0n) is 11.1. The SMILES string of the molecule is CSCCCCCNC(=O)c1ccc2nc[nH]c2c1. The quantitative estimate of drug-likeness (QED) is 0.765. The minimum Gasteiger partial charge on any atom is -0.352 e. The summed E-state index contributed by atoms with van der Waals surface area (Å²) in [5, 5.41) is 2.95. The summed E-state index contributed by atoms with van der Waals surface area (Å²) >= 11 is 1.87. The Hall–Kier alpha value is -1.49. The number of carbonyl (C=O) groups excluding carboxylic acids is 1. The number of rotatable bonds is 7. The number of aromatic amines is 1. The van der Waals surface area contributed by atoms with Crippen LogP contribution in [-0.2, 0) is 0 Å². The van der Waals surface area contributed by atoms with Gasteiger partial charge in [0.2, 0.25) is 0 Å². The first kappa shape index (κ1) is 13.9. The Balaban J connectivity index is 1.79. The van der Waals surface area contributed by atoms with E-state index in [1.165, 1.54) is 18.6 Å². The molecule has 1 aromatic carbocycles. The normalized spacial score (nSPS) is 10.8. The molecule has 0 spiro atoms. The molecule has 0 aliphatic carbocycles. The highest BCUT2D eigenvalue weighted by atomic mass is 32.2. The van der Waals surface area contributed by atoms with E-state index < -0.39 is 0 Å². The van der Waals surface area contributed by atoms with Gasteiger partial charge < -0.3 is 10.3 Å². The molecular weight excluding hydrogens is 258 g/mol. The molecule has 1 heterocycles. The van der Waals surface area contributed by atoms with Gasteiger partial charge in [-0.3, -0.25) is 4.79 Å². The van der Waals surface area contributed by atoms with Gasteiger partial charge in [-0.25, -0.2) is 4.98 Å². The summed E-state index contributed by atoms with van der Waals surface area (Å²) < 4.78 is 0. The molecule has 2 N–H and O–H groups in total. The van der Waals surface area contributed by atoms with E-state index in [-0.39, 0.29) is 5.91 Å². The van der Waals surface area contributed by atoms with Crippen LogP contribution >= 0.6 is 11.8 Å². The maximum Gasteiger partial charge on any atom is 0.251 e. The number of carbonyl (C=O) groups is 1. The number of thioether (sulfide) groups is 1. The van der Waals surface area contributed by atoms with Crippen molar-refractivity contribution in [3.63, 3.8) is 0 Å². The lowest BCUT2D eigenvalue weighted by Crippen LogP contribution is -2.24. The van der Waals surface area contributed by atoms with E-state index in [2.05, 4.69) is 21.5 Å². The number of amides is 1. The van der Waals surface area contributed by atoms with Crippen LogP contribution in [0.25, 0.3) is 11.0 Å². The van der Waals surface area contributed by atoms with Crippen LogP contribution in [0.15, 0.2) is 24.5 Å². The molecule has 2 aromatic rings. The Morgan fingerprint density at radius 2 is 2.26 bits per heavy atom. The van der Waals surface area contributed by atoms with Crippen molar-refractivity contribution in [2.75, 3.05) is 18.6 Å². The van der Waals surface area contributed by atoms with Gasteiger partial charge in [0.1, 0.15) is 0 Å². The Morgan fingerprint density at radius 1 is 1.37 bits per heavy atom. The zero-order chi connectivity index (χ0) is 13.5. The lowest BCUT2D eigenvalue weighted by molar-refractivity contribution is 0.0953. The summed E-state index contributed by atoms with van der Waals surface area (Å²) in [7, 11) is 0. The van der Waals surface area contributed by atoms with E-state index >= 15 is 0 Å². The van der Waals surface area contributed by atoms with Crippen LogP contribution in [0.4, 0.5) is 0 Å². The fraction of sp³-hybridized carbons (Fsp3) is 0.429. The van der Waals surface area contributed by atoms with Gasteiger partial charge in [0, 0.05) is 12.1 Å². The van der Waals surface area contributed by atoms with E-state index in [0.29, 0.717) is 5.56 Å². The molecule has 1 aromatic heterocycles. The summed E-state index contributed by atoms with van der Waals surface area (Å²) in [6.07, 6.45) is 7.18. The molecular formula is C14H19N3OS. The van der Waals surface area contributed by atoms with Crippen LogP contribution in [0.5, 0.6) is 0 Å². The van der Waals surface area contributed by atoms with Crippen molar-refractivity contribution in [3.8, 4) is 0 Å². The van der Waals surface area contributed by atoms with Crippen LogP contribution < -0.4 is 5.32 Å². The van der Waals surface area contributed by atoms with E-state index in [1.54, 1.807) is 6.33 Å². The monoisotopic (exact) mass is 277 g/mol. The highest BCUT2D eigenvalue weighted by molar-refractivity contribution is 7.98. The number of hydrogen-bond acceptors (Lipinski definition) is 3. The first-order chi connectivity index (χ1) is 9.31. The van der Waals surface area contributed by atoms with Gasteiger partial charge in [-0.15, -0.1) is 0 Å². The molecule has 102 valence electrons. The van der Waals surface area contributed by atoms with E-state index in [4.69, 9.17) is 0 Å². The number of H-pyrrole nitrogens is 1. The van der Waals surface area contributed by atoms with E-state index in [0.717, 1.165) is 24.0 Å². The van der Waals surface area contributed by atoms with Crippen LogP contribution in [-0.4, -0.2) is 34.4 Å². The third kappa shape index (κ3) is 3.99. The zero-order valence-corrected chi connectivity index (χ0v) is 11.9. The number of fused-ring (bicyclic) bond motifs is 1. The molecule has 0 aliphatic heterocycles. The largest absolute Gasteiger partial charge is 0.352 e. The average Bonchev–Trinajstić information content (AvgIpc) is 2.89. The first-order valence-electron chi connectivity index (χ1n) is 6.51. The molecule has 0 aliphatic rings. The third-order valence-electron chi connectivity index (χ3n) is 2.99. The van der Waals surface area contributed by atoms with Crippen molar-refractivity contribution in [1.29, 1.82) is 0 Å². The molecule has 19 heavy (non-hydrogen) atoms. The maximum atomic E-state index is 11.9.